The van der Waals surface area contributed by atoms with Crippen LogP contribution < -0.4 is 10.9 Å². The zero-order valence-corrected chi connectivity index (χ0v) is 15.8. The second kappa shape index (κ2) is 7.36. The van der Waals surface area contributed by atoms with Crippen molar-refractivity contribution in [1.82, 2.24) is 19.9 Å². The molecule has 0 saturated carbocycles. The third-order valence-electron chi connectivity index (χ3n) is 4.69. The number of aromatic nitrogens is 3. The lowest BCUT2D eigenvalue weighted by Crippen LogP contribution is -2.48. The van der Waals surface area contributed by atoms with Crippen molar-refractivity contribution < 1.29 is 23.1 Å². The first-order valence-corrected chi connectivity index (χ1v) is 8.73. The van der Waals surface area contributed by atoms with Gasteiger partial charge in [0.15, 0.2) is 11.8 Å². The van der Waals surface area contributed by atoms with Crippen LogP contribution in [0.1, 0.15) is 28.5 Å². The van der Waals surface area contributed by atoms with Crippen molar-refractivity contribution in [1.29, 1.82) is 0 Å². The molecule has 0 fully saturated rings. The predicted octanol–water partition coefficient (Wildman–Crippen LogP) is 2.35. The van der Waals surface area contributed by atoms with Gasteiger partial charge in [0, 0.05) is 6.07 Å². The molecule has 0 saturated heterocycles. The molecule has 7 nitrogen and oxygen atoms in total. The van der Waals surface area contributed by atoms with Crippen LogP contribution in [0.25, 0.3) is 16.8 Å². The minimum atomic E-state index is -4.87. The van der Waals surface area contributed by atoms with Crippen molar-refractivity contribution in [2.24, 2.45) is 0 Å². The number of aryl methyl sites for hydroxylation is 2. The van der Waals surface area contributed by atoms with Gasteiger partial charge in [-0.1, -0.05) is 12.1 Å². The van der Waals surface area contributed by atoms with Crippen LogP contribution in [-0.2, 0) is 0 Å². The number of H-pyrrole nitrogens is 1. The number of carbonyl (C=O) groups is 1. The number of alkyl halides is 3. The Labute approximate surface area is 163 Å². The molecule has 0 spiro atoms. The van der Waals surface area contributed by atoms with Crippen molar-refractivity contribution in [3.8, 4) is 11.3 Å². The highest BCUT2D eigenvalue weighted by atomic mass is 19.4. The van der Waals surface area contributed by atoms with Gasteiger partial charge in [0.2, 0.25) is 0 Å². The topological polar surface area (TPSA) is 99.5 Å². The molecule has 0 aliphatic carbocycles. The van der Waals surface area contributed by atoms with Gasteiger partial charge in [-0.15, -0.1) is 0 Å². The summed E-state index contributed by atoms with van der Waals surface area (Å²) in [5, 5.41) is 15.3. The number of halogens is 3. The van der Waals surface area contributed by atoms with Gasteiger partial charge in [-0.3, -0.25) is 9.59 Å². The van der Waals surface area contributed by atoms with E-state index in [0.717, 1.165) is 23.6 Å². The minimum Gasteiger partial charge on any atom is -0.382 e. The van der Waals surface area contributed by atoms with E-state index in [1.807, 2.05) is 37.4 Å². The van der Waals surface area contributed by atoms with E-state index in [4.69, 9.17) is 0 Å². The molecule has 0 aliphatic rings. The van der Waals surface area contributed by atoms with E-state index in [9.17, 15) is 27.9 Å². The first kappa shape index (κ1) is 20.6. The number of hydrogen-bond acceptors (Lipinski definition) is 4. The Balaban J connectivity index is 1.92. The van der Waals surface area contributed by atoms with Gasteiger partial charge >= 0.3 is 6.18 Å². The molecule has 3 N–H and O–H groups in total. The Hall–Kier alpha value is -3.14. The van der Waals surface area contributed by atoms with Gasteiger partial charge in [0.25, 0.3) is 11.5 Å². The lowest BCUT2D eigenvalue weighted by atomic mass is 10.0. The van der Waals surface area contributed by atoms with Crippen molar-refractivity contribution >= 4 is 11.4 Å². The second-order valence-corrected chi connectivity index (χ2v) is 6.90. The van der Waals surface area contributed by atoms with Crippen LogP contribution >= 0.6 is 0 Å². The molecule has 2 atom stereocenters. The van der Waals surface area contributed by atoms with Crippen LogP contribution in [0, 0.1) is 13.8 Å². The molecule has 154 valence electrons. The number of hydrogen-bond donors (Lipinski definition) is 3. The van der Waals surface area contributed by atoms with Gasteiger partial charge in [-0.25, -0.2) is 4.52 Å². The number of nitrogens with one attached hydrogen (secondary N) is 2. The van der Waals surface area contributed by atoms with E-state index in [0.29, 0.717) is 5.69 Å². The van der Waals surface area contributed by atoms with E-state index < -0.39 is 29.8 Å². The molecule has 29 heavy (non-hydrogen) atoms. The largest absolute Gasteiger partial charge is 0.416 e. The summed E-state index contributed by atoms with van der Waals surface area (Å²) in [6, 6.07) is 5.21. The Morgan fingerprint density at radius 3 is 2.55 bits per heavy atom. The molecular weight excluding hydrogens is 389 g/mol. The number of rotatable bonds is 4. The molecule has 1 amide bonds. The average molecular weight is 408 g/mol. The summed E-state index contributed by atoms with van der Waals surface area (Å²) in [5.74, 6) is -0.934. The molecule has 2 unspecified atom stereocenters. The fourth-order valence-corrected chi connectivity index (χ4v) is 2.81. The van der Waals surface area contributed by atoms with E-state index in [-0.39, 0.29) is 11.2 Å². The maximum absolute atomic E-state index is 12.6. The highest BCUT2D eigenvalue weighted by molar-refractivity contribution is 5.93. The molecule has 3 aromatic rings. The predicted molar refractivity (Wildman–Crippen MR) is 99.7 cm³/mol. The molecule has 0 radical (unpaired) electrons. The summed E-state index contributed by atoms with van der Waals surface area (Å²) in [7, 11) is 0. The number of amides is 1. The minimum absolute atomic E-state index is 0.0618. The van der Waals surface area contributed by atoms with Gasteiger partial charge in [-0.2, -0.15) is 18.3 Å². The van der Waals surface area contributed by atoms with Crippen LogP contribution in [0.2, 0.25) is 0 Å². The zero-order valence-electron chi connectivity index (χ0n) is 15.8. The summed E-state index contributed by atoms with van der Waals surface area (Å²) >= 11 is 0. The number of aliphatic hydroxyl groups is 1. The van der Waals surface area contributed by atoms with Crippen LogP contribution in [0.4, 0.5) is 13.2 Å². The van der Waals surface area contributed by atoms with Gasteiger partial charge in [0.1, 0.15) is 5.52 Å². The molecule has 10 heteroatoms. The number of fused-ring (bicyclic) bond motifs is 1. The Morgan fingerprint density at radius 1 is 1.24 bits per heavy atom. The van der Waals surface area contributed by atoms with Crippen molar-refractivity contribution in [2.45, 2.75) is 39.1 Å². The van der Waals surface area contributed by atoms with E-state index >= 15 is 0 Å². The lowest BCUT2D eigenvalue weighted by molar-refractivity contribution is -0.209. The summed E-state index contributed by atoms with van der Waals surface area (Å²) in [6.45, 7) is 4.92. The summed E-state index contributed by atoms with van der Waals surface area (Å²) in [6.07, 6.45) is -6.07. The number of aromatic amines is 1. The number of nitrogens with zero attached hydrogens (tertiary/aromatic N) is 2. The fourth-order valence-electron chi connectivity index (χ4n) is 2.81. The maximum Gasteiger partial charge on any atom is 0.416 e. The van der Waals surface area contributed by atoms with E-state index in [2.05, 4.69) is 10.1 Å². The first-order valence-electron chi connectivity index (χ1n) is 8.73. The van der Waals surface area contributed by atoms with Crippen molar-refractivity contribution in [2.75, 3.05) is 0 Å². The molecular formula is C19H19F3N4O3. The highest BCUT2D eigenvalue weighted by Crippen LogP contribution is 2.23. The number of carbonyl (C=O) groups excluding carboxylic acids is 1. The highest BCUT2D eigenvalue weighted by Gasteiger charge is 2.42. The maximum atomic E-state index is 12.6. The van der Waals surface area contributed by atoms with E-state index in [1.165, 1.54) is 16.8 Å². The smallest absolute Gasteiger partial charge is 0.382 e. The normalized spacial score (nSPS) is 14.0. The quantitative estimate of drug-likeness (QED) is 0.617. The van der Waals surface area contributed by atoms with Crippen molar-refractivity contribution in [3.63, 3.8) is 0 Å². The molecule has 0 bridgehead atoms. The van der Waals surface area contributed by atoms with E-state index in [1.54, 1.807) is 0 Å². The molecule has 2 heterocycles. The lowest BCUT2D eigenvalue weighted by Gasteiger charge is -2.21. The molecule has 0 aliphatic heterocycles. The van der Waals surface area contributed by atoms with Gasteiger partial charge in [-0.05, 0) is 43.5 Å². The Kier molecular flexibility index (Phi) is 5.22. The van der Waals surface area contributed by atoms with Crippen LogP contribution in [0.3, 0.4) is 0 Å². The monoisotopic (exact) mass is 408 g/mol. The average Bonchev–Trinajstić information content (AvgIpc) is 3.07. The van der Waals surface area contributed by atoms with Crippen LogP contribution in [-0.4, -0.2) is 43.9 Å². The Bertz CT molecular complexity index is 1130. The number of benzene rings is 1. The third kappa shape index (κ3) is 4.16. The van der Waals surface area contributed by atoms with Gasteiger partial charge < -0.3 is 15.4 Å². The number of aliphatic hydroxyl groups excluding tert-OH is 1. The second-order valence-electron chi connectivity index (χ2n) is 6.90. The van der Waals surface area contributed by atoms with Crippen LogP contribution in [0.15, 0.2) is 35.3 Å². The molecule has 2 aromatic heterocycles. The standard InChI is InChI=1S/C19H19F3N4O3/c1-9-4-5-12(6-10(9)2)14-8-26-15(18(29)24-14)7-13(25-26)17(28)23-11(3)16(27)19(20,21)22/h4-8,11,16,27H,1-3H3,(H,23,28)(H,24,29). The zero-order chi connectivity index (χ0) is 21.5. The Morgan fingerprint density at radius 2 is 1.93 bits per heavy atom. The first-order chi connectivity index (χ1) is 13.5. The van der Waals surface area contributed by atoms with Crippen molar-refractivity contribution in [3.05, 3.63) is 57.6 Å². The van der Waals surface area contributed by atoms with Crippen LogP contribution in [0.5, 0.6) is 0 Å². The SMILES string of the molecule is Cc1ccc(-c2cn3nc(C(=O)NC(C)C(O)C(F)(F)F)cc3c(=O)[nH]2)cc1C. The summed E-state index contributed by atoms with van der Waals surface area (Å²) in [5.41, 5.74) is 2.65. The van der Waals surface area contributed by atoms with Gasteiger partial charge in [0.05, 0.1) is 17.9 Å². The summed E-state index contributed by atoms with van der Waals surface area (Å²) in [4.78, 5) is 27.3. The fraction of sp³-hybridized carbons (Fsp3) is 0.316. The summed E-state index contributed by atoms with van der Waals surface area (Å²) < 4.78 is 38.9. The third-order valence-corrected chi connectivity index (χ3v) is 4.69. The molecule has 1 aromatic carbocycles. The molecule has 3 rings (SSSR count).